The Hall–Kier alpha value is -0.820. The Kier molecular flexibility index (Phi) is 5.45. The molecule has 106 valence electrons. The minimum absolute atomic E-state index is 0.285. The second-order valence-electron chi connectivity index (χ2n) is 6.05. The Morgan fingerprint density at radius 3 is 2.32 bits per heavy atom. The van der Waals surface area contributed by atoms with E-state index in [0.29, 0.717) is 5.92 Å². The van der Waals surface area contributed by atoms with Crippen LogP contribution in [0.15, 0.2) is 24.3 Å². The summed E-state index contributed by atoms with van der Waals surface area (Å²) in [5.41, 5.74) is 2.56. The molecule has 2 atom stereocenters. The largest absolute Gasteiger partial charge is 0.388 e. The zero-order valence-corrected chi connectivity index (χ0v) is 12.4. The van der Waals surface area contributed by atoms with Crippen LogP contribution in [0.5, 0.6) is 0 Å². The maximum Gasteiger partial charge on any atom is 0.0818 e. The molecule has 0 aromatic heterocycles. The Labute approximate surface area is 118 Å². The molecule has 1 saturated carbocycles. The third-order valence-corrected chi connectivity index (χ3v) is 4.75. The van der Waals surface area contributed by atoms with Crippen molar-refractivity contribution >= 4 is 0 Å². The lowest BCUT2D eigenvalue weighted by atomic mass is 9.79. The fourth-order valence-corrected chi connectivity index (χ4v) is 3.03. The summed E-state index contributed by atoms with van der Waals surface area (Å²) in [5, 5.41) is 10.5. The Morgan fingerprint density at radius 1 is 1.16 bits per heavy atom. The lowest BCUT2D eigenvalue weighted by Crippen LogP contribution is -2.13. The quantitative estimate of drug-likeness (QED) is 0.714. The van der Waals surface area contributed by atoms with E-state index in [9.17, 15) is 5.11 Å². The summed E-state index contributed by atoms with van der Waals surface area (Å²) < 4.78 is 0. The van der Waals surface area contributed by atoms with Crippen molar-refractivity contribution in [3.63, 3.8) is 0 Å². The van der Waals surface area contributed by atoms with Gasteiger partial charge in [0.1, 0.15) is 0 Å². The molecule has 1 aliphatic carbocycles. The molecular formula is C18H28O. The fourth-order valence-electron chi connectivity index (χ4n) is 3.03. The minimum atomic E-state index is -0.285. The smallest absolute Gasteiger partial charge is 0.0818 e. The van der Waals surface area contributed by atoms with Crippen LogP contribution in [0.3, 0.4) is 0 Å². The molecule has 0 radical (unpaired) electrons. The molecular weight excluding hydrogens is 232 g/mol. The summed E-state index contributed by atoms with van der Waals surface area (Å²) in [4.78, 5) is 0. The molecule has 1 aromatic carbocycles. The van der Waals surface area contributed by atoms with Crippen molar-refractivity contribution in [3.8, 4) is 0 Å². The van der Waals surface area contributed by atoms with Crippen molar-refractivity contribution in [3.05, 3.63) is 35.4 Å². The third kappa shape index (κ3) is 3.60. The maximum absolute atomic E-state index is 10.5. The van der Waals surface area contributed by atoms with E-state index in [1.165, 1.54) is 37.7 Å². The number of hydrogen-bond donors (Lipinski definition) is 1. The van der Waals surface area contributed by atoms with Gasteiger partial charge in [0.05, 0.1) is 6.10 Å². The van der Waals surface area contributed by atoms with Crippen LogP contribution in [0.4, 0.5) is 0 Å². The molecule has 0 bridgehead atoms. The van der Waals surface area contributed by atoms with Gasteiger partial charge in [-0.25, -0.2) is 0 Å². The highest BCUT2D eigenvalue weighted by Crippen LogP contribution is 2.37. The molecule has 1 aliphatic rings. The predicted octanol–water partition coefficient (Wildman–Crippen LogP) is 5.20. The van der Waals surface area contributed by atoms with E-state index in [1.54, 1.807) is 0 Å². The van der Waals surface area contributed by atoms with Crippen LogP contribution in [-0.4, -0.2) is 5.11 Å². The lowest BCUT2D eigenvalue weighted by molar-refractivity contribution is 0.0989. The highest BCUT2D eigenvalue weighted by atomic mass is 16.3. The molecule has 1 aromatic rings. The summed E-state index contributed by atoms with van der Waals surface area (Å²) in [6.45, 7) is 4.40. The summed E-state index contributed by atoms with van der Waals surface area (Å²) in [6.07, 6.45) is 8.41. The molecule has 1 nitrogen and oxygen atoms in total. The first-order valence-corrected chi connectivity index (χ1v) is 8.04. The molecule has 2 rings (SSSR count). The van der Waals surface area contributed by atoms with Crippen LogP contribution < -0.4 is 0 Å². The van der Waals surface area contributed by atoms with Gasteiger partial charge in [0.15, 0.2) is 0 Å². The molecule has 1 N–H and O–H groups in total. The standard InChI is InChI=1S/C18H28O/c1-3-5-7-14(4-2)18(19)17-12-10-16(11-13-17)15-8-6-9-15/h10-15,18-19H,3-9H2,1-2H3. The monoisotopic (exact) mass is 260 g/mol. The van der Waals surface area contributed by atoms with Crippen molar-refractivity contribution < 1.29 is 5.11 Å². The number of aliphatic hydroxyl groups is 1. The van der Waals surface area contributed by atoms with Gasteiger partial charge >= 0.3 is 0 Å². The van der Waals surface area contributed by atoms with Gasteiger partial charge in [0.25, 0.3) is 0 Å². The van der Waals surface area contributed by atoms with Gasteiger partial charge in [0.2, 0.25) is 0 Å². The van der Waals surface area contributed by atoms with Crippen LogP contribution in [0, 0.1) is 5.92 Å². The first kappa shape index (κ1) is 14.6. The average Bonchev–Trinajstić information content (AvgIpc) is 2.38. The van der Waals surface area contributed by atoms with Crippen LogP contribution >= 0.6 is 0 Å². The van der Waals surface area contributed by atoms with E-state index < -0.39 is 0 Å². The van der Waals surface area contributed by atoms with E-state index in [-0.39, 0.29) is 6.10 Å². The van der Waals surface area contributed by atoms with E-state index in [0.717, 1.165) is 24.3 Å². The normalized spacial score (nSPS) is 18.9. The maximum atomic E-state index is 10.5. The molecule has 0 amide bonds. The summed E-state index contributed by atoms with van der Waals surface area (Å²) in [5.74, 6) is 1.20. The van der Waals surface area contributed by atoms with Gasteiger partial charge in [-0.2, -0.15) is 0 Å². The molecule has 1 fully saturated rings. The lowest BCUT2D eigenvalue weighted by Gasteiger charge is -2.27. The van der Waals surface area contributed by atoms with E-state index in [4.69, 9.17) is 0 Å². The highest BCUT2D eigenvalue weighted by Gasteiger charge is 2.21. The summed E-state index contributed by atoms with van der Waals surface area (Å²) in [6, 6.07) is 8.75. The number of benzene rings is 1. The first-order valence-electron chi connectivity index (χ1n) is 8.04. The third-order valence-electron chi connectivity index (χ3n) is 4.75. The van der Waals surface area contributed by atoms with Crippen molar-refractivity contribution in [2.75, 3.05) is 0 Å². The molecule has 1 heteroatoms. The van der Waals surface area contributed by atoms with Crippen molar-refractivity contribution in [2.24, 2.45) is 5.92 Å². The zero-order valence-electron chi connectivity index (χ0n) is 12.4. The second-order valence-corrected chi connectivity index (χ2v) is 6.05. The van der Waals surface area contributed by atoms with Crippen LogP contribution in [0.25, 0.3) is 0 Å². The van der Waals surface area contributed by atoms with Gasteiger partial charge in [-0.1, -0.05) is 63.8 Å². The predicted molar refractivity (Wildman–Crippen MR) is 81.3 cm³/mol. The molecule has 0 spiro atoms. The zero-order chi connectivity index (χ0) is 13.7. The Morgan fingerprint density at radius 2 is 1.84 bits per heavy atom. The summed E-state index contributed by atoms with van der Waals surface area (Å²) >= 11 is 0. The van der Waals surface area contributed by atoms with Crippen LogP contribution in [0.1, 0.15) is 81.9 Å². The van der Waals surface area contributed by atoms with Gasteiger partial charge in [-0.15, -0.1) is 0 Å². The molecule has 0 saturated heterocycles. The second kappa shape index (κ2) is 7.09. The Balaban J connectivity index is 1.98. The van der Waals surface area contributed by atoms with Gasteiger partial charge < -0.3 is 5.11 Å². The number of rotatable bonds is 7. The topological polar surface area (TPSA) is 20.2 Å². The molecule has 19 heavy (non-hydrogen) atoms. The average molecular weight is 260 g/mol. The van der Waals surface area contributed by atoms with Crippen LogP contribution in [-0.2, 0) is 0 Å². The number of unbranched alkanes of at least 4 members (excludes halogenated alkanes) is 1. The van der Waals surface area contributed by atoms with Gasteiger partial charge in [-0.05, 0) is 42.2 Å². The van der Waals surface area contributed by atoms with E-state index >= 15 is 0 Å². The molecule has 0 aliphatic heterocycles. The number of hydrogen-bond acceptors (Lipinski definition) is 1. The van der Waals surface area contributed by atoms with Gasteiger partial charge in [-0.3, -0.25) is 0 Å². The van der Waals surface area contributed by atoms with Gasteiger partial charge in [0, 0.05) is 0 Å². The van der Waals surface area contributed by atoms with Crippen molar-refractivity contribution in [1.82, 2.24) is 0 Å². The SMILES string of the molecule is CCCCC(CC)C(O)c1ccc(C2CCC2)cc1. The molecule has 0 heterocycles. The van der Waals surface area contributed by atoms with Crippen molar-refractivity contribution in [2.45, 2.75) is 70.8 Å². The van der Waals surface area contributed by atoms with Crippen LogP contribution in [0.2, 0.25) is 0 Å². The van der Waals surface area contributed by atoms with E-state index in [2.05, 4.69) is 38.1 Å². The minimum Gasteiger partial charge on any atom is -0.388 e. The highest BCUT2D eigenvalue weighted by molar-refractivity contribution is 5.28. The first-order chi connectivity index (χ1) is 9.26. The molecule has 2 unspecified atom stereocenters. The summed E-state index contributed by atoms with van der Waals surface area (Å²) in [7, 11) is 0. The van der Waals surface area contributed by atoms with Crippen molar-refractivity contribution in [1.29, 1.82) is 0 Å². The van der Waals surface area contributed by atoms with E-state index in [1.807, 2.05) is 0 Å². The number of aliphatic hydroxyl groups excluding tert-OH is 1. The Bertz CT molecular complexity index is 364. The fraction of sp³-hybridized carbons (Fsp3) is 0.667.